The van der Waals surface area contributed by atoms with E-state index in [1.165, 1.54) is 0 Å². The summed E-state index contributed by atoms with van der Waals surface area (Å²) in [4.78, 5) is 0. The first-order valence-electron chi connectivity index (χ1n) is 1.76. The minimum absolute atomic E-state index is 0.00281. The molecule has 0 aliphatic heterocycles. The molecule has 0 aromatic rings. The highest BCUT2D eigenvalue weighted by Crippen LogP contribution is 2.23. The van der Waals surface area contributed by atoms with Crippen LogP contribution in [0.25, 0.3) is 0 Å². The molecule has 0 saturated carbocycles. The third kappa shape index (κ3) is 4.04. The van der Waals surface area contributed by atoms with E-state index in [0.29, 0.717) is 0 Å². The van der Waals surface area contributed by atoms with E-state index in [1.54, 1.807) is 0 Å². The predicted octanol–water partition coefficient (Wildman–Crippen LogP) is 2.57. The maximum atomic E-state index is 5.35. The van der Waals surface area contributed by atoms with E-state index in [9.17, 15) is 0 Å². The zero-order valence-corrected chi connectivity index (χ0v) is 6.86. The molecule has 0 heterocycles. The van der Waals surface area contributed by atoms with E-state index in [-0.39, 0.29) is 11.9 Å². The number of ether oxygens (including phenoxy) is 1. The Balaban J connectivity index is 3.37. The van der Waals surface area contributed by atoms with Crippen LogP contribution in [0.4, 0.5) is 0 Å². The fourth-order valence-corrected chi connectivity index (χ4v) is 0.603. The van der Waals surface area contributed by atoms with Gasteiger partial charge in [-0.15, -0.1) is 11.6 Å². The van der Waals surface area contributed by atoms with Crippen molar-refractivity contribution >= 4 is 46.4 Å². The summed E-state index contributed by atoms with van der Waals surface area (Å²) in [5.74, 6) is 0.00281. The Hall–Kier alpha value is 1.12. The molecule has 0 aliphatic carbocycles. The smallest absolute Gasteiger partial charge is 0.232 e. The second-order valence-electron chi connectivity index (χ2n) is 1.02. The molecule has 0 aliphatic rings. The molecular formula is C3H4Cl4O. The summed E-state index contributed by atoms with van der Waals surface area (Å²) in [6.07, 6.45) is 0. The lowest BCUT2D eigenvalue weighted by atomic mass is 10.8. The number of alkyl halides is 4. The topological polar surface area (TPSA) is 9.23 Å². The van der Waals surface area contributed by atoms with E-state index >= 15 is 0 Å². The molecule has 5 heteroatoms. The third-order valence-electron chi connectivity index (χ3n) is 0.421. The summed E-state index contributed by atoms with van der Waals surface area (Å²) in [6.45, 7) is 0. The largest absolute Gasteiger partial charge is 0.329 e. The Kier molecular flexibility index (Phi) is 4.58. The highest BCUT2D eigenvalue weighted by atomic mass is 35.5. The summed E-state index contributed by atoms with van der Waals surface area (Å²) >= 11 is 21.0. The lowest BCUT2D eigenvalue weighted by Crippen LogP contribution is -2.18. The summed E-state index contributed by atoms with van der Waals surface area (Å²) < 4.78 is 3.21. The van der Waals surface area contributed by atoms with Gasteiger partial charge in [-0.25, -0.2) is 0 Å². The van der Waals surface area contributed by atoms with Crippen LogP contribution in [-0.2, 0) is 4.74 Å². The van der Waals surface area contributed by atoms with Gasteiger partial charge in [0.1, 0.15) is 6.07 Å². The van der Waals surface area contributed by atoms with Crippen molar-refractivity contribution in [2.45, 2.75) is 4.52 Å². The zero-order chi connectivity index (χ0) is 6.62. The molecule has 0 unspecified atom stereocenters. The van der Waals surface area contributed by atoms with Crippen molar-refractivity contribution in [3.63, 3.8) is 0 Å². The van der Waals surface area contributed by atoms with Crippen LogP contribution in [0, 0.1) is 0 Å². The van der Waals surface area contributed by atoms with E-state index in [0.717, 1.165) is 0 Å². The Bertz CT molecular complexity index is 64.3. The SMILES string of the molecule is ClCOC(Cl)(Cl)CCl. The zero-order valence-electron chi connectivity index (χ0n) is 3.83. The van der Waals surface area contributed by atoms with Crippen molar-refractivity contribution in [3.05, 3.63) is 0 Å². The van der Waals surface area contributed by atoms with Gasteiger partial charge in [-0.2, -0.15) is 0 Å². The molecule has 0 atom stereocenters. The minimum Gasteiger partial charge on any atom is -0.329 e. The molecule has 1 nitrogen and oxygen atoms in total. The van der Waals surface area contributed by atoms with E-state index in [2.05, 4.69) is 4.74 Å². The molecule has 0 spiro atoms. The first kappa shape index (κ1) is 9.12. The standard InChI is InChI=1S/C3H4Cl4O/c4-1-3(6,7)8-2-5/h1-2H2. The number of hydrogen-bond donors (Lipinski definition) is 0. The minimum atomic E-state index is -1.33. The summed E-state index contributed by atoms with van der Waals surface area (Å²) in [6, 6.07) is -0.0558. The van der Waals surface area contributed by atoms with Gasteiger partial charge in [0, 0.05) is 0 Å². The molecule has 0 saturated heterocycles. The first-order valence-corrected chi connectivity index (χ1v) is 3.58. The fraction of sp³-hybridized carbons (Fsp3) is 1.00. The molecule has 0 aromatic heterocycles. The van der Waals surface area contributed by atoms with E-state index < -0.39 is 4.52 Å². The second-order valence-corrected chi connectivity index (χ2v) is 2.92. The van der Waals surface area contributed by atoms with Gasteiger partial charge in [0.25, 0.3) is 0 Å². The van der Waals surface area contributed by atoms with Crippen LogP contribution in [-0.4, -0.2) is 16.5 Å². The van der Waals surface area contributed by atoms with Crippen molar-refractivity contribution in [2.24, 2.45) is 0 Å². The molecule has 0 N–H and O–H groups in total. The van der Waals surface area contributed by atoms with Crippen LogP contribution in [0.5, 0.6) is 0 Å². The third-order valence-corrected chi connectivity index (χ3v) is 1.67. The van der Waals surface area contributed by atoms with Crippen LogP contribution < -0.4 is 0 Å². The average molecular weight is 198 g/mol. The first-order chi connectivity index (χ1) is 3.62. The Morgan fingerprint density at radius 1 is 1.25 bits per heavy atom. The van der Waals surface area contributed by atoms with Crippen LogP contribution in [0.3, 0.4) is 0 Å². The second kappa shape index (κ2) is 4.02. The number of halogens is 4. The van der Waals surface area contributed by atoms with Crippen molar-refractivity contribution < 1.29 is 4.74 Å². The normalized spacial score (nSPS) is 12.0. The van der Waals surface area contributed by atoms with Gasteiger partial charge in [0.2, 0.25) is 4.52 Å². The van der Waals surface area contributed by atoms with Crippen molar-refractivity contribution in [1.29, 1.82) is 0 Å². The van der Waals surface area contributed by atoms with Gasteiger partial charge in [0.05, 0.1) is 5.88 Å². The van der Waals surface area contributed by atoms with E-state index in [4.69, 9.17) is 46.4 Å². The molecule has 8 heavy (non-hydrogen) atoms. The number of hydrogen-bond acceptors (Lipinski definition) is 1. The van der Waals surface area contributed by atoms with E-state index in [1.807, 2.05) is 0 Å². The van der Waals surface area contributed by atoms with Crippen molar-refractivity contribution in [3.8, 4) is 0 Å². The quantitative estimate of drug-likeness (QED) is 0.633. The lowest BCUT2D eigenvalue weighted by molar-refractivity contribution is 0.133. The molecule has 0 aromatic carbocycles. The van der Waals surface area contributed by atoms with Gasteiger partial charge < -0.3 is 4.74 Å². The van der Waals surface area contributed by atoms with Gasteiger partial charge in [0.15, 0.2) is 0 Å². The van der Waals surface area contributed by atoms with Crippen LogP contribution in [0.1, 0.15) is 0 Å². The van der Waals surface area contributed by atoms with Gasteiger partial charge in [-0.05, 0) is 0 Å². The van der Waals surface area contributed by atoms with Crippen molar-refractivity contribution in [2.75, 3.05) is 11.9 Å². The van der Waals surface area contributed by atoms with Crippen molar-refractivity contribution in [1.82, 2.24) is 0 Å². The highest BCUT2D eigenvalue weighted by Gasteiger charge is 2.22. The maximum Gasteiger partial charge on any atom is 0.232 e. The fourth-order valence-electron chi connectivity index (χ4n) is 0.118. The Morgan fingerprint density at radius 2 is 1.75 bits per heavy atom. The summed E-state index contributed by atoms with van der Waals surface area (Å²) in [7, 11) is 0. The molecule has 0 radical (unpaired) electrons. The Morgan fingerprint density at radius 3 is 1.88 bits per heavy atom. The van der Waals surface area contributed by atoms with Gasteiger partial charge in [-0.1, -0.05) is 34.8 Å². The van der Waals surface area contributed by atoms with Gasteiger partial charge in [-0.3, -0.25) is 0 Å². The number of rotatable bonds is 3. The monoisotopic (exact) mass is 196 g/mol. The molecule has 0 rings (SSSR count). The summed E-state index contributed by atoms with van der Waals surface area (Å²) in [5, 5.41) is 0. The molecule has 50 valence electrons. The molecule has 0 bridgehead atoms. The summed E-state index contributed by atoms with van der Waals surface area (Å²) in [5.41, 5.74) is 0. The van der Waals surface area contributed by atoms with Crippen LogP contribution >= 0.6 is 46.4 Å². The maximum absolute atomic E-state index is 5.35. The van der Waals surface area contributed by atoms with Crippen LogP contribution in [0.15, 0.2) is 0 Å². The lowest BCUT2D eigenvalue weighted by Gasteiger charge is -2.13. The molecular weight excluding hydrogens is 194 g/mol. The van der Waals surface area contributed by atoms with Crippen LogP contribution in [0.2, 0.25) is 0 Å². The average Bonchev–Trinajstić information content (AvgIpc) is 1.67. The van der Waals surface area contributed by atoms with Gasteiger partial charge >= 0.3 is 0 Å². The molecule has 0 amide bonds. The predicted molar refractivity (Wildman–Crippen MR) is 37.0 cm³/mol. The molecule has 0 fully saturated rings. The highest BCUT2D eigenvalue weighted by molar-refractivity contribution is 6.50. The Labute approximate surface area is 67.8 Å².